The van der Waals surface area contributed by atoms with Crippen molar-refractivity contribution in [3.63, 3.8) is 0 Å². The van der Waals surface area contributed by atoms with E-state index in [0.717, 1.165) is 0 Å². The Hall–Kier alpha value is -3.09. The van der Waals surface area contributed by atoms with Gasteiger partial charge in [-0.1, -0.05) is 66.7 Å². The molecule has 1 unspecified atom stereocenters. The zero-order valence-electron chi connectivity index (χ0n) is 16.8. The van der Waals surface area contributed by atoms with Crippen LogP contribution in [-0.4, -0.2) is 20.7 Å². The van der Waals surface area contributed by atoms with Crippen LogP contribution in [0.4, 0.5) is 5.69 Å². The molecule has 4 aromatic rings. The summed E-state index contributed by atoms with van der Waals surface area (Å²) < 4.78 is 1.57. The highest BCUT2D eigenvalue weighted by molar-refractivity contribution is 8.00. The molecule has 0 aliphatic rings. The number of hydrogen-bond donors (Lipinski definition) is 1. The van der Waals surface area contributed by atoms with Gasteiger partial charge in [0, 0.05) is 10.7 Å². The zero-order chi connectivity index (χ0) is 21.8. The Labute approximate surface area is 189 Å². The normalized spacial score (nSPS) is 11.9. The second-order valence-corrected chi connectivity index (χ2v) is 8.51. The molecule has 1 heterocycles. The van der Waals surface area contributed by atoms with Crippen LogP contribution in [0.25, 0.3) is 16.6 Å². The van der Waals surface area contributed by atoms with Crippen molar-refractivity contribution in [1.29, 1.82) is 0 Å². The Morgan fingerprint density at radius 2 is 1.81 bits per heavy atom. The molecule has 1 aromatic heterocycles. The lowest BCUT2D eigenvalue weighted by atomic mass is 10.2. The van der Waals surface area contributed by atoms with Crippen molar-refractivity contribution in [2.75, 3.05) is 5.32 Å². The molecule has 0 bridgehead atoms. The minimum absolute atomic E-state index is 0.163. The lowest BCUT2D eigenvalue weighted by Gasteiger charge is -2.18. The van der Waals surface area contributed by atoms with Crippen LogP contribution in [0.1, 0.15) is 13.3 Å². The number of carbonyl (C=O) groups is 1. The zero-order valence-corrected chi connectivity index (χ0v) is 18.4. The molecule has 1 atom stereocenters. The second kappa shape index (κ2) is 9.37. The first-order valence-electron chi connectivity index (χ1n) is 9.87. The van der Waals surface area contributed by atoms with Crippen LogP contribution in [0, 0.1) is 0 Å². The van der Waals surface area contributed by atoms with Gasteiger partial charge in [0.15, 0.2) is 5.16 Å². The molecular formula is C24H20ClN3O2S. The maximum Gasteiger partial charge on any atom is 0.266 e. The number of nitrogens with zero attached hydrogens (tertiary/aromatic N) is 2. The van der Waals surface area contributed by atoms with E-state index in [4.69, 9.17) is 16.6 Å². The first-order valence-corrected chi connectivity index (χ1v) is 11.1. The van der Waals surface area contributed by atoms with Crippen LogP contribution >= 0.6 is 23.4 Å². The average molecular weight is 450 g/mol. The predicted molar refractivity (Wildman–Crippen MR) is 127 cm³/mol. The lowest BCUT2D eigenvalue weighted by Crippen LogP contribution is -2.27. The van der Waals surface area contributed by atoms with Gasteiger partial charge in [0.05, 0.1) is 21.8 Å². The predicted octanol–water partition coefficient (Wildman–Crippen LogP) is 5.55. The van der Waals surface area contributed by atoms with Crippen LogP contribution in [0.15, 0.2) is 88.8 Å². The molecule has 31 heavy (non-hydrogen) atoms. The molecule has 4 rings (SSSR count). The molecule has 156 valence electrons. The number of nitrogens with one attached hydrogen (secondary N) is 1. The van der Waals surface area contributed by atoms with Gasteiger partial charge in [-0.3, -0.25) is 14.2 Å². The lowest BCUT2D eigenvalue weighted by molar-refractivity contribution is -0.115. The molecule has 0 aliphatic carbocycles. The number of aromatic nitrogens is 2. The van der Waals surface area contributed by atoms with E-state index in [1.54, 1.807) is 34.9 Å². The fourth-order valence-electron chi connectivity index (χ4n) is 3.23. The second-order valence-electron chi connectivity index (χ2n) is 6.90. The summed E-state index contributed by atoms with van der Waals surface area (Å²) in [7, 11) is 0. The molecule has 0 fully saturated rings. The van der Waals surface area contributed by atoms with Crippen molar-refractivity contribution < 1.29 is 4.79 Å². The van der Waals surface area contributed by atoms with Gasteiger partial charge in [0.2, 0.25) is 5.91 Å². The van der Waals surface area contributed by atoms with Crippen LogP contribution < -0.4 is 10.9 Å². The van der Waals surface area contributed by atoms with Crippen LogP contribution in [0.3, 0.4) is 0 Å². The summed E-state index contributed by atoms with van der Waals surface area (Å²) >= 11 is 7.31. The van der Waals surface area contributed by atoms with E-state index < -0.39 is 5.25 Å². The number of fused-ring (bicyclic) bond motifs is 1. The van der Waals surface area contributed by atoms with E-state index >= 15 is 0 Å². The van der Waals surface area contributed by atoms with Crippen molar-refractivity contribution in [3.8, 4) is 5.69 Å². The van der Waals surface area contributed by atoms with Crippen LogP contribution in [-0.2, 0) is 4.79 Å². The maximum atomic E-state index is 13.3. The number of anilines is 1. The Kier molecular flexibility index (Phi) is 6.39. The SMILES string of the molecule is CCC(Sc1nc2ccccc2c(=O)n1-c1ccccc1)C(=O)Nc1cccc(Cl)c1. The molecule has 7 heteroatoms. The molecule has 0 saturated heterocycles. The van der Waals surface area contributed by atoms with Crippen LogP contribution in [0.5, 0.6) is 0 Å². The highest BCUT2D eigenvalue weighted by Gasteiger charge is 2.22. The Balaban J connectivity index is 1.74. The molecule has 1 N–H and O–H groups in total. The minimum atomic E-state index is -0.443. The largest absolute Gasteiger partial charge is 0.325 e. The van der Waals surface area contributed by atoms with Crippen LogP contribution in [0.2, 0.25) is 5.02 Å². The van der Waals surface area contributed by atoms with Crippen molar-refractivity contribution in [2.24, 2.45) is 0 Å². The fourth-order valence-corrected chi connectivity index (χ4v) is 4.46. The van der Waals surface area contributed by atoms with Gasteiger partial charge in [0.25, 0.3) is 5.56 Å². The minimum Gasteiger partial charge on any atom is -0.325 e. The topological polar surface area (TPSA) is 64.0 Å². The third-order valence-corrected chi connectivity index (χ3v) is 6.31. The molecule has 5 nitrogen and oxygen atoms in total. The average Bonchev–Trinajstić information content (AvgIpc) is 2.78. The molecule has 3 aromatic carbocycles. The summed E-state index contributed by atoms with van der Waals surface area (Å²) in [5, 5.41) is 4.02. The maximum absolute atomic E-state index is 13.3. The van der Waals surface area contributed by atoms with E-state index in [1.165, 1.54) is 11.8 Å². The summed E-state index contributed by atoms with van der Waals surface area (Å²) in [6.07, 6.45) is 0.564. The summed E-state index contributed by atoms with van der Waals surface area (Å²) in [4.78, 5) is 31.0. The van der Waals surface area contributed by atoms with Gasteiger partial charge in [-0.25, -0.2) is 4.98 Å². The molecule has 1 amide bonds. The first-order chi connectivity index (χ1) is 15.1. The van der Waals surface area contributed by atoms with E-state index in [1.807, 2.05) is 55.5 Å². The Bertz CT molecular complexity index is 1290. The quantitative estimate of drug-likeness (QED) is 0.309. The Morgan fingerprint density at radius 1 is 1.06 bits per heavy atom. The van der Waals surface area contributed by atoms with E-state index in [9.17, 15) is 9.59 Å². The molecule has 0 saturated carbocycles. The summed E-state index contributed by atoms with van der Waals surface area (Å²) in [6.45, 7) is 1.93. The monoisotopic (exact) mass is 449 g/mol. The highest BCUT2D eigenvalue weighted by atomic mass is 35.5. The van der Waals surface area contributed by atoms with Crippen molar-refractivity contribution >= 4 is 45.9 Å². The third-order valence-electron chi connectivity index (χ3n) is 4.76. The van der Waals surface area contributed by atoms with Gasteiger partial charge in [-0.2, -0.15) is 0 Å². The third kappa shape index (κ3) is 4.65. The number of thioether (sulfide) groups is 1. The first kappa shape index (κ1) is 21.2. The van der Waals surface area contributed by atoms with Gasteiger partial charge >= 0.3 is 0 Å². The molecule has 0 aliphatic heterocycles. The number of benzene rings is 3. The fraction of sp³-hybridized carbons (Fsp3) is 0.125. The summed E-state index contributed by atoms with van der Waals surface area (Å²) in [6, 6.07) is 23.6. The number of halogens is 1. The smallest absolute Gasteiger partial charge is 0.266 e. The van der Waals surface area contributed by atoms with Gasteiger partial charge in [-0.05, 0) is 48.9 Å². The standard InChI is InChI=1S/C24H20ClN3O2S/c1-2-21(22(29)26-17-10-8-9-16(25)15-17)31-24-27-20-14-7-6-13-19(20)23(30)28(24)18-11-4-3-5-12-18/h3-15,21H,2H2,1H3,(H,26,29). The van der Waals surface area contributed by atoms with Crippen molar-refractivity contribution in [3.05, 3.63) is 94.2 Å². The number of para-hydroxylation sites is 2. The van der Waals surface area contributed by atoms with Gasteiger partial charge in [-0.15, -0.1) is 0 Å². The van der Waals surface area contributed by atoms with E-state index in [-0.39, 0.29) is 11.5 Å². The molecule has 0 spiro atoms. The van der Waals surface area contributed by atoms with E-state index in [0.29, 0.717) is 38.9 Å². The molecular weight excluding hydrogens is 430 g/mol. The summed E-state index contributed by atoms with van der Waals surface area (Å²) in [5.74, 6) is -0.170. The molecule has 0 radical (unpaired) electrons. The van der Waals surface area contributed by atoms with Crippen molar-refractivity contribution in [1.82, 2.24) is 9.55 Å². The van der Waals surface area contributed by atoms with E-state index in [2.05, 4.69) is 5.32 Å². The Morgan fingerprint density at radius 3 is 2.55 bits per heavy atom. The summed E-state index contributed by atoms with van der Waals surface area (Å²) in [5.41, 5.74) is 1.78. The number of carbonyl (C=O) groups excluding carboxylic acids is 1. The number of hydrogen-bond acceptors (Lipinski definition) is 4. The van der Waals surface area contributed by atoms with Crippen molar-refractivity contribution in [2.45, 2.75) is 23.8 Å². The number of amides is 1. The number of rotatable bonds is 6. The van der Waals surface area contributed by atoms with Gasteiger partial charge in [0.1, 0.15) is 0 Å². The van der Waals surface area contributed by atoms with Gasteiger partial charge < -0.3 is 5.32 Å². The highest BCUT2D eigenvalue weighted by Crippen LogP contribution is 2.28.